The van der Waals surface area contributed by atoms with Gasteiger partial charge in [-0.3, -0.25) is 0 Å². The Balaban J connectivity index is 2.46. The van der Waals surface area contributed by atoms with E-state index < -0.39 is 11.9 Å². The van der Waals surface area contributed by atoms with Crippen molar-refractivity contribution >= 4 is 0 Å². The van der Waals surface area contributed by atoms with Crippen molar-refractivity contribution in [3.63, 3.8) is 0 Å². The van der Waals surface area contributed by atoms with Gasteiger partial charge >= 0.3 is 0 Å². The van der Waals surface area contributed by atoms with Crippen molar-refractivity contribution in [1.82, 2.24) is 0 Å². The maximum Gasteiger partial charge on any atom is 0.207 e. The highest BCUT2D eigenvalue weighted by atomic mass is 16.7. The van der Waals surface area contributed by atoms with Crippen LogP contribution in [0.4, 0.5) is 0 Å². The molecule has 19 heavy (non-hydrogen) atoms. The van der Waals surface area contributed by atoms with E-state index in [1.165, 1.54) is 0 Å². The number of aliphatic hydroxyl groups excluding tert-OH is 2. The predicted octanol–water partition coefficient (Wildman–Crippen LogP) is 1.77. The van der Waals surface area contributed by atoms with Crippen LogP contribution in [0.1, 0.15) is 34.1 Å². The van der Waals surface area contributed by atoms with Gasteiger partial charge in [-0.1, -0.05) is 17.7 Å². The molecule has 0 amide bonds. The Labute approximate surface area is 114 Å². The molecule has 1 saturated heterocycles. The van der Waals surface area contributed by atoms with E-state index in [0.717, 1.165) is 17.6 Å². The summed E-state index contributed by atoms with van der Waals surface area (Å²) in [5.74, 6) is -1.55. The van der Waals surface area contributed by atoms with Crippen LogP contribution in [0.2, 0.25) is 0 Å². The molecule has 0 bridgehead atoms. The number of aliphatic hydroxyl groups is 2. The molecule has 1 aliphatic carbocycles. The fraction of sp³-hybridized carbons (Fsp3) is 0.733. The van der Waals surface area contributed by atoms with Gasteiger partial charge in [-0.15, -0.1) is 0 Å². The van der Waals surface area contributed by atoms with E-state index in [0.29, 0.717) is 0 Å². The van der Waals surface area contributed by atoms with Crippen molar-refractivity contribution in [1.29, 1.82) is 0 Å². The first kappa shape index (κ1) is 14.7. The van der Waals surface area contributed by atoms with Crippen LogP contribution >= 0.6 is 0 Å². The van der Waals surface area contributed by atoms with Crippen LogP contribution in [0.5, 0.6) is 0 Å². The van der Waals surface area contributed by atoms with E-state index in [1.54, 1.807) is 0 Å². The van der Waals surface area contributed by atoms with Crippen LogP contribution in [0.3, 0.4) is 0 Å². The summed E-state index contributed by atoms with van der Waals surface area (Å²) >= 11 is 0. The van der Waals surface area contributed by atoms with Crippen LogP contribution in [0.25, 0.3) is 0 Å². The fourth-order valence-corrected chi connectivity index (χ4v) is 3.14. The molecule has 0 aromatic carbocycles. The average molecular weight is 268 g/mol. The van der Waals surface area contributed by atoms with E-state index in [2.05, 4.69) is 0 Å². The van der Waals surface area contributed by atoms with Gasteiger partial charge in [0.15, 0.2) is 0 Å². The summed E-state index contributed by atoms with van der Waals surface area (Å²) in [6.45, 7) is 7.65. The molecule has 1 spiro atoms. The minimum Gasteiger partial charge on any atom is -0.396 e. The minimum atomic E-state index is -1.18. The number of ether oxygens (including phenoxy) is 2. The first-order valence-corrected chi connectivity index (χ1v) is 6.90. The Hall–Kier alpha value is -0.680. The minimum absolute atomic E-state index is 0.00736. The van der Waals surface area contributed by atoms with Crippen LogP contribution in [0, 0.1) is 5.92 Å². The highest BCUT2D eigenvalue weighted by Crippen LogP contribution is 2.41. The molecule has 5 atom stereocenters. The highest BCUT2D eigenvalue weighted by molar-refractivity contribution is 5.30. The van der Waals surface area contributed by atoms with Crippen molar-refractivity contribution in [2.45, 2.75) is 58.2 Å². The number of hydrogen-bond acceptors (Lipinski definition) is 4. The highest BCUT2D eigenvalue weighted by Gasteiger charge is 2.52. The van der Waals surface area contributed by atoms with E-state index in [4.69, 9.17) is 9.47 Å². The van der Waals surface area contributed by atoms with Gasteiger partial charge in [0, 0.05) is 0 Å². The van der Waals surface area contributed by atoms with E-state index >= 15 is 0 Å². The van der Waals surface area contributed by atoms with Crippen molar-refractivity contribution in [2.75, 3.05) is 6.61 Å². The Morgan fingerprint density at radius 3 is 2.37 bits per heavy atom. The van der Waals surface area contributed by atoms with Gasteiger partial charge < -0.3 is 19.7 Å². The molecule has 1 unspecified atom stereocenters. The lowest BCUT2D eigenvalue weighted by Gasteiger charge is -2.48. The number of allylic oxidation sites excluding steroid dienone is 2. The summed E-state index contributed by atoms with van der Waals surface area (Å²) in [6.07, 6.45) is 3.74. The van der Waals surface area contributed by atoms with E-state index in [9.17, 15) is 10.2 Å². The first-order valence-electron chi connectivity index (χ1n) is 6.90. The lowest BCUT2D eigenvalue weighted by atomic mass is 9.89. The molecule has 1 fully saturated rings. The molecule has 1 aliphatic heterocycles. The largest absolute Gasteiger partial charge is 0.396 e. The van der Waals surface area contributed by atoms with Gasteiger partial charge in [-0.2, -0.15) is 0 Å². The summed E-state index contributed by atoms with van der Waals surface area (Å²) in [5.41, 5.74) is 1.80. The van der Waals surface area contributed by atoms with Gasteiger partial charge in [0.05, 0.1) is 24.7 Å². The topological polar surface area (TPSA) is 58.9 Å². The molecule has 0 aromatic rings. The molecule has 0 saturated carbocycles. The maximum absolute atomic E-state index is 10.6. The van der Waals surface area contributed by atoms with Crippen molar-refractivity contribution in [2.24, 2.45) is 5.92 Å². The fourth-order valence-electron chi connectivity index (χ4n) is 3.14. The van der Waals surface area contributed by atoms with Crippen LogP contribution in [0.15, 0.2) is 23.3 Å². The first-order chi connectivity index (χ1) is 8.89. The maximum atomic E-state index is 10.6. The monoisotopic (exact) mass is 268 g/mol. The number of rotatable bonds is 1. The Morgan fingerprint density at radius 2 is 1.84 bits per heavy atom. The lowest BCUT2D eigenvalue weighted by Crippen LogP contribution is -2.59. The summed E-state index contributed by atoms with van der Waals surface area (Å²) in [7, 11) is 0. The third-order valence-electron chi connectivity index (χ3n) is 3.88. The standard InChI is InChI=1S/C15H24O4/c1-9-5-10(2)14(17)15(13(6-9)8-16)18-11(3)7-12(4)19-15/h5-6,11-14,16-17H,7-8H2,1-4H3/t11-,12+,13-,14+,15?/m1/s1. The second-order valence-corrected chi connectivity index (χ2v) is 5.80. The van der Waals surface area contributed by atoms with Crippen LogP contribution < -0.4 is 0 Å². The quantitative estimate of drug-likeness (QED) is 0.761. The molecular formula is C15H24O4. The molecule has 4 heteroatoms. The zero-order valence-corrected chi connectivity index (χ0v) is 12.1. The Kier molecular flexibility index (Phi) is 4.16. The van der Waals surface area contributed by atoms with Crippen molar-refractivity contribution in [3.05, 3.63) is 23.3 Å². The molecule has 0 radical (unpaired) electrons. The van der Waals surface area contributed by atoms with Crippen molar-refractivity contribution < 1.29 is 19.7 Å². The van der Waals surface area contributed by atoms with E-state index in [-0.39, 0.29) is 24.7 Å². The lowest BCUT2D eigenvalue weighted by molar-refractivity contribution is -0.357. The molecular weight excluding hydrogens is 244 g/mol. The normalized spacial score (nSPS) is 43.7. The molecule has 2 rings (SSSR count). The van der Waals surface area contributed by atoms with Gasteiger partial charge in [0.1, 0.15) is 6.10 Å². The van der Waals surface area contributed by atoms with E-state index in [1.807, 2.05) is 39.8 Å². The molecule has 2 aliphatic rings. The van der Waals surface area contributed by atoms with Gasteiger partial charge in [-0.05, 0) is 39.7 Å². The Bertz CT molecular complexity index is 389. The third kappa shape index (κ3) is 2.63. The summed E-state index contributed by atoms with van der Waals surface area (Å²) in [4.78, 5) is 0. The van der Waals surface area contributed by atoms with Crippen molar-refractivity contribution in [3.8, 4) is 0 Å². The SMILES string of the molecule is CC1=C[C@H](CO)C2(O[C@H](C)C[C@H](C)O2)[C@@H](O)C(C)=C1. The molecule has 4 nitrogen and oxygen atoms in total. The summed E-state index contributed by atoms with van der Waals surface area (Å²) in [6, 6.07) is 0. The average Bonchev–Trinajstić information content (AvgIpc) is 2.39. The predicted molar refractivity (Wildman–Crippen MR) is 72.5 cm³/mol. The van der Waals surface area contributed by atoms with Gasteiger partial charge in [-0.25, -0.2) is 0 Å². The van der Waals surface area contributed by atoms with Crippen LogP contribution in [-0.4, -0.2) is 40.9 Å². The second kappa shape index (κ2) is 5.37. The summed E-state index contributed by atoms with van der Waals surface area (Å²) < 4.78 is 12.0. The Morgan fingerprint density at radius 1 is 1.26 bits per heavy atom. The zero-order valence-electron chi connectivity index (χ0n) is 12.1. The molecule has 0 aromatic heterocycles. The van der Waals surface area contributed by atoms with Crippen LogP contribution in [-0.2, 0) is 9.47 Å². The third-order valence-corrected chi connectivity index (χ3v) is 3.88. The molecule has 2 N–H and O–H groups in total. The second-order valence-electron chi connectivity index (χ2n) is 5.80. The smallest absolute Gasteiger partial charge is 0.207 e. The molecule has 1 heterocycles. The van der Waals surface area contributed by atoms with Gasteiger partial charge in [0.2, 0.25) is 5.79 Å². The molecule has 108 valence electrons. The summed E-state index contributed by atoms with van der Waals surface area (Å²) in [5, 5.41) is 20.3. The van der Waals surface area contributed by atoms with Gasteiger partial charge in [0.25, 0.3) is 0 Å². The zero-order chi connectivity index (χ0) is 14.2. The number of hydrogen-bond donors (Lipinski definition) is 2.